The van der Waals surface area contributed by atoms with Gasteiger partial charge in [0.25, 0.3) is 6.47 Å². The van der Waals surface area contributed by atoms with Gasteiger partial charge in [0, 0.05) is 55.6 Å². The molecule has 5 N–H and O–H groups in total. The Morgan fingerprint density at radius 3 is 1.31 bits per heavy atom. The molecule has 0 aliphatic rings. The zero-order valence-electron chi connectivity index (χ0n) is 37.4. The molecule has 0 radical (unpaired) electrons. The first kappa shape index (κ1) is 74.8. The van der Waals surface area contributed by atoms with Crippen LogP contribution in [0.25, 0.3) is 0 Å². The Kier molecular flexibility index (Phi) is 54.7. The maximum Gasteiger partial charge on any atom is 1.00 e. The summed E-state index contributed by atoms with van der Waals surface area (Å²) in [6, 6.07) is 6.14. The summed E-state index contributed by atoms with van der Waals surface area (Å²) in [5.41, 5.74) is 11.7. The number of halogens is 4. The van der Waals surface area contributed by atoms with E-state index in [1.807, 2.05) is 0 Å². The molecule has 0 bridgehead atoms. The number of phenols is 1. The van der Waals surface area contributed by atoms with Crippen molar-refractivity contribution >= 4 is 112 Å². The molecule has 4 rings (SSSR count). The van der Waals surface area contributed by atoms with Crippen LogP contribution < -0.4 is 169 Å². The number of carbonyl (C=O) groups excluding carboxylic acids is 3. The molecule has 13 nitrogen and oxygen atoms in total. The molecule has 4 aromatic rings. The van der Waals surface area contributed by atoms with Crippen molar-refractivity contribution in [3.8, 4) is 171 Å². The first-order chi connectivity index (χ1) is 31.9. The van der Waals surface area contributed by atoms with Gasteiger partial charge < -0.3 is 42.4 Å². The number of terminal acetylenes is 1. The van der Waals surface area contributed by atoms with Crippen LogP contribution in [0.3, 0.4) is 0 Å². The monoisotopic (exact) mass is 1420 g/mol. The topological polar surface area (TPSA) is 209 Å². The first-order valence-corrected chi connectivity index (χ1v) is 20.7. The number of aromatic hydroxyl groups is 1. The van der Waals surface area contributed by atoms with Gasteiger partial charge in [-0.05, 0) is 174 Å². The number of methoxy groups -OCH3 is 2. The van der Waals surface area contributed by atoms with Gasteiger partial charge in [0.2, 0.25) is 5.06 Å². The molecule has 2 heterocycles. The number of nitrogens with zero attached hydrogens (tertiary/aromatic N) is 2. The molecular formula is C49H30Br3ClCs2N4O9S2. The van der Waals surface area contributed by atoms with Gasteiger partial charge in [-0.3, -0.25) is 14.4 Å². The average molecular weight is 1420 g/mol. The van der Waals surface area contributed by atoms with Crippen LogP contribution in [0.4, 0.5) is 10.3 Å². The van der Waals surface area contributed by atoms with Crippen LogP contribution in [0.2, 0.25) is 0 Å². The fourth-order valence-electron chi connectivity index (χ4n) is 3.08. The Bertz CT molecular complexity index is 3130. The number of rotatable bonds is 7. The molecule has 2 aromatic carbocycles. The standard InChI is InChI=1S/C25H4.C11H9BrN2O3S.C8H7BrO3.C3H3BrN2S.CH2O3.CH4.ClH.2Cs.H/c1-3-5-7-9-11-13-15-17-19-21-23-25-24-22-20-18-16-14-12-10-8-6-4-2;1-16-8-2-6(5-15)7(12)3-9(8)17-10-4-14-11(13)18-10;1-12-8-2-5(4-10)6(9)3-7(8)11;4-2-1-6-3(5)7-2;2-1-4-3;;;;;/h1H,2H3;2-5H,1H3,(H2,13,14);2-4,11H,1H3;1H,(H2,5,6);1,3H;1H4;1H;;;/q;;;;;;;2*+1;-1/p-1. The van der Waals surface area contributed by atoms with Gasteiger partial charge >= 0.3 is 138 Å². The van der Waals surface area contributed by atoms with Crippen LogP contribution in [-0.4, -0.2) is 48.3 Å². The Hall–Kier alpha value is -4.18. The largest absolute Gasteiger partial charge is 1.00 e. The smallest absolute Gasteiger partial charge is 1.00 e. The minimum Gasteiger partial charge on any atom is -1.00 e. The summed E-state index contributed by atoms with van der Waals surface area (Å²) in [7, 11) is 2.93. The summed E-state index contributed by atoms with van der Waals surface area (Å²) in [6.07, 6.45) is 9.54. The fourth-order valence-corrected chi connectivity index (χ4v) is 5.48. The Morgan fingerprint density at radius 1 is 0.643 bits per heavy atom. The third kappa shape index (κ3) is 38.6. The van der Waals surface area contributed by atoms with Crippen molar-refractivity contribution in [3.05, 3.63) is 60.5 Å². The number of phenolic OH excluding ortho intramolecular Hbond substituents is 1. The average Bonchev–Trinajstić information content (AvgIpc) is 3.92. The van der Waals surface area contributed by atoms with Crippen molar-refractivity contribution in [1.29, 1.82) is 0 Å². The Labute approximate surface area is 566 Å². The molecule has 21 heteroatoms. The number of benzene rings is 2. The molecule has 0 saturated heterocycles. The summed E-state index contributed by atoms with van der Waals surface area (Å²) in [5, 5.41) is 19.3. The van der Waals surface area contributed by atoms with Crippen molar-refractivity contribution in [2.45, 2.75) is 14.4 Å². The number of nitrogen functional groups attached to an aromatic ring is 2. The van der Waals surface area contributed by atoms with Crippen molar-refractivity contribution < 1.29 is 183 Å². The number of thiazole rings is 2. The van der Waals surface area contributed by atoms with E-state index in [2.05, 4.69) is 199 Å². The Morgan fingerprint density at radius 2 is 1.01 bits per heavy atom. The Balaban J connectivity index is -0.000000201. The van der Waals surface area contributed by atoms with Crippen molar-refractivity contribution in [1.82, 2.24) is 9.97 Å². The van der Waals surface area contributed by atoms with E-state index in [1.165, 1.54) is 55.2 Å². The predicted molar refractivity (Wildman–Crippen MR) is 277 cm³/mol. The summed E-state index contributed by atoms with van der Waals surface area (Å²) in [5.74, 6) is 58.1. The summed E-state index contributed by atoms with van der Waals surface area (Å²) in [4.78, 5) is 40.2. The van der Waals surface area contributed by atoms with E-state index in [0.29, 0.717) is 58.9 Å². The van der Waals surface area contributed by atoms with Crippen molar-refractivity contribution in [3.63, 3.8) is 0 Å². The molecule has 70 heavy (non-hydrogen) atoms. The number of carbonyl (C=O) groups is 3. The van der Waals surface area contributed by atoms with Gasteiger partial charge in [-0.2, -0.15) is 0 Å². The maximum atomic E-state index is 10.8. The molecule has 0 amide bonds. The van der Waals surface area contributed by atoms with Crippen LogP contribution >= 0.6 is 82.9 Å². The van der Waals surface area contributed by atoms with Crippen LogP contribution in [0.1, 0.15) is 36.5 Å². The second kappa shape index (κ2) is 51.2. The number of aromatic nitrogens is 2. The SMILES string of the molecule is C.C#CC#CC#CC#CC#CC#CC#CC#CC#CC#CC#CC#CC.COc1cc(C=O)c(Br)cc1O.COc1cc(C=O)c(Br)cc1Oc1cnc(N)s1.Cl.Nc1ncc(Br)s1.O=CO[O-].[Cs+].[Cs+].[H-]. The number of anilines is 2. The van der Waals surface area contributed by atoms with E-state index >= 15 is 0 Å². The number of aldehydes is 2. The molecule has 2 aromatic heterocycles. The van der Waals surface area contributed by atoms with E-state index < -0.39 is 0 Å². The van der Waals surface area contributed by atoms with E-state index in [1.54, 1.807) is 25.3 Å². The molecule has 0 aliphatic carbocycles. The van der Waals surface area contributed by atoms with Crippen molar-refractivity contribution in [2.24, 2.45) is 0 Å². The van der Waals surface area contributed by atoms with E-state index in [-0.39, 0.29) is 171 Å². The predicted octanol–water partition coefficient (Wildman–Crippen LogP) is 0.855. The van der Waals surface area contributed by atoms with Crippen LogP contribution in [-0.2, 0) is 9.68 Å². The molecule has 0 fully saturated rings. The fraction of sp³-hybridized carbons (Fsp3) is 0.0816. The van der Waals surface area contributed by atoms with E-state index in [9.17, 15) is 14.7 Å². The molecule has 0 spiro atoms. The van der Waals surface area contributed by atoms with Gasteiger partial charge in [0.15, 0.2) is 45.8 Å². The van der Waals surface area contributed by atoms with Gasteiger partial charge in [-0.25, -0.2) is 9.97 Å². The first-order valence-electron chi connectivity index (χ1n) is 16.6. The molecular weight excluding hydrogens is 1390 g/mol. The van der Waals surface area contributed by atoms with E-state index in [4.69, 9.17) is 42.2 Å². The van der Waals surface area contributed by atoms with Crippen LogP contribution in [0, 0.1) is 143 Å². The molecule has 0 atom stereocenters. The van der Waals surface area contributed by atoms with E-state index in [0.717, 1.165) is 10.1 Å². The van der Waals surface area contributed by atoms with Crippen LogP contribution in [0.5, 0.6) is 28.1 Å². The zero-order chi connectivity index (χ0) is 49.2. The van der Waals surface area contributed by atoms with Gasteiger partial charge in [0.1, 0.15) is 0 Å². The number of hydrogen-bond donors (Lipinski definition) is 3. The molecule has 0 unspecified atom stereocenters. The minimum absolute atomic E-state index is 0. The van der Waals surface area contributed by atoms with Gasteiger partial charge in [0.05, 0.1) is 30.4 Å². The summed E-state index contributed by atoms with van der Waals surface area (Å²) in [6.45, 7) is 1.51. The number of ether oxygens (including phenoxy) is 3. The third-order valence-electron chi connectivity index (χ3n) is 5.53. The summed E-state index contributed by atoms with van der Waals surface area (Å²) >= 11 is 12.3. The van der Waals surface area contributed by atoms with Gasteiger partial charge in [-0.15, -0.1) is 18.8 Å². The minimum atomic E-state index is -0.181. The molecule has 0 saturated carbocycles. The number of nitrogens with two attached hydrogens (primary N) is 2. The third-order valence-corrected chi connectivity index (χ3v) is 8.91. The normalized spacial score (nSPS) is 6.83. The van der Waals surface area contributed by atoms with Gasteiger partial charge in [-0.1, -0.05) is 36.0 Å². The quantitative estimate of drug-likeness (QED) is 0.102. The second-order valence-electron chi connectivity index (χ2n) is 9.64. The second-order valence-corrected chi connectivity index (χ2v) is 14.8. The zero-order valence-corrected chi connectivity index (χ0v) is 56.2. The molecule has 342 valence electrons. The number of hydrogen-bond acceptors (Lipinski definition) is 15. The maximum absolute atomic E-state index is 10.8. The summed E-state index contributed by atoms with van der Waals surface area (Å²) < 4.78 is 17.7. The van der Waals surface area contributed by atoms with Crippen LogP contribution in [0.15, 0.2) is 49.4 Å². The molecule has 0 aliphatic heterocycles. The van der Waals surface area contributed by atoms with Crippen molar-refractivity contribution in [2.75, 3.05) is 25.7 Å².